The lowest BCUT2D eigenvalue weighted by Gasteiger charge is -2.43. The Hall–Kier alpha value is -2.39. The molecule has 0 radical (unpaired) electrons. The van der Waals surface area contributed by atoms with Gasteiger partial charge in [0, 0.05) is 22.9 Å². The molecule has 3 heterocycles. The van der Waals surface area contributed by atoms with Gasteiger partial charge in [-0.05, 0) is 33.8 Å². The van der Waals surface area contributed by atoms with Crippen molar-refractivity contribution in [2.45, 2.75) is 39.2 Å². The van der Waals surface area contributed by atoms with Crippen molar-refractivity contribution in [3.63, 3.8) is 0 Å². The highest BCUT2D eigenvalue weighted by atomic mass is 32.2. The van der Waals surface area contributed by atoms with Crippen molar-refractivity contribution in [1.82, 2.24) is 9.88 Å². The standard InChI is InChI=1S/C19H22N2O6S/c1-10(22)12-15(23)21-13(17(24)26-9-27-18(25)19(2,3)4)14(28-16(12)21)11-6-5-7-20-8-11/h5-8,10,12,16,22H,9H2,1-4H3/t10-,12+,16+/m1/s1. The number of esters is 2. The van der Waals surface area contributed by atoms with Gasteiger partial charge in [0.2, 0.25) is 12.7 Å². The van der Waals surface area contributed by atoms with E-state index in [2.05, 4.69) is 4.98 Å². The van der Waals surface area contributed by atoms with E-state index in [0.29, 0.717) is 10.5 Å². The number of aromatic nitrogens is 1. The van der Waals surface area contributed by atoms with Crippen LogP contribution in [0.3, 0.4) is 0 Å². The number of β-lactam (4-membered cyclic amide) rings is 1. The van der Waals surface area contributed by atoms with Crippen LogP contribution in [-0.4, -0.2) is 51.1 Å². The van der Waals surface area contributed by atoms with Crippen molar-refractivity contribution in [2.75, 3.05) is 6.79 Å². The third kappa shape index (κ3) is 3.64. The molecule has 1 fully saturated rings. The van der Waals surface area contributed by atoms with Crippen LogP contribution in [0.25, 0.3) is 4.91 Å². The molecule has 8 nitrogen and oxygen atoms in total. The maximum absolute atomic E-state index is 12.7. The van der Waals surface area contributed by atoms with Gasteiger partial charge in [-0.1, -0.05) is 17.8 Å². The van der Waals surface area contributed by atoms with Crippen LogP contribution in [0.2, 0.25) is 0 Å². The second-order valence-electron chi connectivity index (χ2n) is 7.63. The highest BCUT2D eigenvalue weighted by molar-refractivity contribution is 8.09. The van der Waals surface area contributed by atoms with Gasteiger partial charge in [-0.15, -0.1) is 0 Å². The van der Waals surface area contributed by atoms with E-state index in [9.17, 15) is 19.5 Å². The maximum Gasteiger partial charge on any atom is 0.359 e. The van der Waals surface area contributed by atoms with Crippen LogP contribution in [-0.2, 0) is 23.9 Å². The summed E-state index contributed by atoms with van der Waals surface area (Å²) in [5, 5.41) is 9.50. The summed E-state index contributed by atoms with van der Waals surface area (Å²) in [5.41, 5.74) is 0.0214. The smallest absolute Gasteiger partial charge is 0.359 e. The van der Waals surface area contributed by atoms with Gasteiger partial charge in [0.15, 0.2) is 0 Å². The first-order chi connectivity index (χ1) is 13.1. The number of hydrogen-bond donors (Lipinski definition) is 1. The number of pyridine rings is 1. The predicted molar refractivity (Wildman–Crippen MR) is 101 cm³/mol. The molecule has 0 saturated carbocycles. The molecule has 1 saturated heterocycles. The Morgan fingerprint density at radius 1 is 1.36 bits per heavy atom. The van der Waals surface area contributed by atoms with Crippen molar-refractivity contribution in [3.05, 3.63) is 35.8 Å². The third-order valence-corrected chi connectivity index (χ3v) is 5.82. The van der Waals surface area contributed by atoms with Gasteiger partial charge in [0.05, 0.1) is 17.4 Å². The molecule has 0 unspecified atom stereocenters. The van der Waals surface area contributed by atoms with E-state index in [-0.39, 0.29) is 17.0 Å². The van der Waals surface area contributed by atoms with Crippen molar-refractivity contribution in [1.29, 1.82) is 0 Å². The van der Waals surface area contributed by atoms with Crippen molar-refractivity contribution >= 4 is 34.5 Å². The fourth-order valence-electron chi connectivity index (χ4n) is 2.89. The number of carbonyl (C=O) groups is 3. The summed E-state index contributed by atoms with van der Waals surface area (Å²) in [6.45, 7) is 6.07. The summed E-state index contributed by atoms with van der Waals surface area (Å²) in [7, 11) is 0. The minimum absolute atomic E-state index is 0.0803. The van der Waals surface area contributed by atoms with Gasteiger partial charge in [-0.25, -0.2) is 4.79 Å². The first-order valence-electron chi connectivity index (χ1n) is 8.79. The molecule has 2 aliphatic rings. The van der Waals surface area contributed by atoms with Crippen molar-refractivity contribution < 1.29 is 29.0 Å². The molecular formula is C19H22N2O6S. The lowest BCUT2D eigenvalue weighted by Crippen LogP contribution is -2.60. The fourth-order valence-corrected chi connectivity index (χ4v) is 4.49. The Morgan fingerprint density at radius 3 is 2.64 bits per heavy atom. The van der Waals surface area contributed by atoms with Crippen LogP contribution >= 0.6 is 11.8 Å². The van der Waals surface area contributed by atoms with E-state index in [1.165, 1.54) is 16.7 Å². The zero-order chi connectivity index (χ0) is 20.6. The minimum Gasteiger partial charge on any atom is -0.427 e. The van der Waals surface area contributed by atoms with Gasteiger partial charge in [0.25, 0.3) is 0 Å². The highest BCUT2D eigenvalue weighted by Crippen LogP contribution is 2.53. The number of aliphatic hydroxyl groups is 1. The van der Waals surface area contributed by atoms with E-state index in [1.807, 2.05) is 0 Å². The Morgan fingerprint density at radius 2 is 2.07 bits per heavy atom. The number of fused-ring (bicyclic) bond motifs is 1. The van der Waals surface area contributed by atoms with Gasteiger partial charge >= 0.3 is 11.9 Å². The molecule has 3 atom stereocenters. The molecule has 0 spiro atoms. The van der Waals surface area contributed by atoms with Crippen molar-refractivity contribution in [3.8, 4) is 0 Å². The largest absolute Gasteiger partial charge is 0.427 e. The molecule has 0 aromatic carbocycles. The SMILES string of the molecule is C[C@@H](O)[C@H]1C(=O)N2C(C(=O)OCOC(=O)C(C)(C)C)=C(c3cccnc3)S[C@@H]12. The van der Waals surface area contributed by atoms with Crippen molar-refractivity contribution in [2.24, 2.45) is 11.3 Å². The molecule has 150 valence electrons. The van der Waals surface area contributed by atoms with E-state index < -0.39 is 36.2 Å². The molecule has 1 aromatic rings. The summed E-state index contributed by atoms with van der Waals surface area (Å²) in [6.07, 6.45) is 2.36. The number of amides is 1. The Labute approximate surface area is 166 Å². The first-order valence-corrected chi connectivity index (χ1v) is 9.67. The number of nitrogens with zero attached hydrogens (tertiary/aromatic N) is 2. The summed E-state index contributed by atoms with van der Waals surface area (Å²) in [4.78, 5) is 43.0. The van der Waals surface area contributed by atoms with Crippen LogP contribution in [0, 0.1) is 11.3 Å². The summed E-state index contributed by atoms with van der Waals surface area (Å²) in [6, 6.07) is 3.50. The van der Waals surface area contributed by atoms with Gasteiger partial charge in [0.1, 0.15) is 11.1 Å². The van der Waals surface area contributed by atoms with Gasteiger partial charge in [-0.2, -0.15) is 0 Å². The number of carbonyl (C=O) groups excluding carboxylic acids is 3. The quantitative estimate of drug-likeness (QED) is 0.448. The monoisotopic (exact) mass is 406 g/mol. The summed E-state index contributed by atoms with van der Waals surface area (Å²) < 4.78 is 10.1. The Balaban J connectivity index is 1.81. The lowest BCUT2D eigenvalue weighted by molar-refractivity contribution is -0.174. The van der Waals surface area contributed by atoms with Gasteiger partial charge < -0.3 is 14.6 Å². The molecule has 0 bridgehead atoms. The average Bonchev–Trinajstić information content (AvgIpc) is 2.96. The second-order valence-corrected chi connectivity index (χ2v) is 8.76. The zero-order valence-corrected chi connectivity index (χ0v) is 16.9. The van der Waals surface area contributed by atoms with Crippen LogP contribution in [0.4, 0.5) is 0 Å². The second kappa shape index (κ2) is 7.56. The zero-order valence-electron chi connectivity index (χ0n) is 16.0. The van der Waals surface area contributed by atoms with E-state index in [4.69, 9.17) is 9.47 Å². The number of thioether (sulfide) groups is 1. The Bertz CT molecular complexity index is 831. The molecule has 9 heteroatoms. The number of ether oxygens (including phenoxy) is 2. The molecule has 1 amide bonds. The molecule has 1 aromatic heterocycles. The van der Waals surface area contributed by atoms with Crippen LogP contribution < -0.4 is 0 Å². The van der Waals surface area contributed by atoms with Crippen LogP contribution in [0.1, 0.15) is 33.3 Å². The predicted octanol–water partition coefficient (Wildman–Crippen LogP) is 1.75. The number of rotatable bonds is 5. The summed E-state index contributed by atoms with van der Waals surface area (Å²) in [5.74, 6) is -2.21. The molecule has 3 rings (SSSR count). The van der Waals surface area contributed by atoms with E-state index >= 15 is 0 Å². The number of hydrogen-bond acceptors (Lipinski definition) is 8. The lowest BCUT2D eigenvalue weighted by atomic mass is 9.92. The highest BCUT2D eigenvalue weighted by Gasteiger charge is 2.58. The minimum atomic E-state index is -0.834. The summed E-state index contributed by atoms with van der Waals surface area (Å²) >= 11 is 1.31. The third-order valence-electron chi connectivity index (χ3n) is 4.41. The normalized spacial score (nSPS) is 22.5. The topological polar surface area (TPSA) is 106 Å². The number of aliphatic hydroxyl groups excluding tert-OH is 1. The average molecular weight is 406 g/mol. The Kier molecular flexibility index (Phi) is 5.49. The molecule has 2 aliphatic heterocycles. The van der Waals surface area contributed by atoms with Gasteiger partial charge in [-0.3, -0.25) is 19.5 Å². The molecule has 1 N–H and O–H groups in total. The fraction of sp³-hybridized carbons (Fsp3) is 0.474. The van der Waals surface area contributed by atoms with E-state index in [1.54, 1.807) is 52.2 Å². The maximum atomic E-state index is 12.7. The molecular weight excluding hydrogens is 384 g/mol. The van der Waals surface area contributed by atoms with Crippen LogP contribution in [0.15, 0.2) is 30.2 Å². The molecule has 0 aliphatic carbocycles. The first kappa shape index (κ1) is 20.3. The van der Waals surface area contributed by atoms with E-state index in [0.717, 1.165) is 0 Å². The van der Waals surface area contributed by atoms with Crippen LogP contribution in [0.5, 0.6) is 0 Å². The molecule has 28 heavy (non-hydrogen) atoms.